The second-order valence-corrected chi connectivity index (χ2v) is 9.37. The van der Waals surface area contributed by atoms with Gasteiger partial charge in [0.2, 0.25) is 0 Å². The molecule has 0 fully saturated rings. The van der Waals surface area contributed by atoms with Crippen LogP contribution in [0.25, 0.3) is 0 Å². The molecule has 0 aliphatic carbocycles. The van der Waals surface area contributed by atoms with Crippen LogP contribution >= 0.6 is 70.4 Å². The van der Waals surface area contributed by atoms with Crippen molar-refractivity contribution in [3.8, 4) is 0 Å². The topological polar surface area (TPSA) is 0 Å². The highest BCUT2D eigenvalue weighted by molar-refractivity contribution is 8.76. The lowest BCUT2D eigenvalue weighted by Crippen LogP contribution is -2.10. The van der Waals surface area contributed by atoms with Gasteiger partial charge in [-0.2, -0.15) is 48.8 Å². The van der Waals surface area contributed by atoms with E-state index in [0.29, 0.717) is 10.5 Å². The maximum absolute atomic E-state index is 4.39. The summed E-state index contributed by atoms with van der Waals surface area (Å²) in [6.45, 7) is 7.50. The minimum atomic E-state index is 0.624. The van der Waals surface area contributed by atoms with Crippen LogP contribution in [0.4, 0.5) is 0 Å². The van der Waals surface area contributed by atoms with Crippen molar-refractivity contribution in [3.05, 3.63) is 25.3 Å². The highest BCUT2D eigenvalue weighted by atomic mass is 33.1. The van der Waals surface area contributed by atoms with Gasteiger partial charge >= 0.3 is 0 Å². The minimum absolute atomic E-state index is 0.624. The van der Waals surface area contributed by atoms with E-state index in [-0.39, 0.29) is 0 Å². The zero-order valence-corrected chi connectivity index (χ0v) is 15.5. The number of thioether (sulfide) groups is 2. The third-order valence-corrected chi connectivity index (χ3v) is 8.72. The van der Waals surface area contributed by atoms with Gasteiger partial charge in [-0.1, -0.05) is 33.7 Å². The summed E-state index contributed by atoms with van der Waals surface area (Å²) >= 11 is 12.7. The van der Waals surface area contributed by atoms with Gasteiger partial charge in [0.15, 0.2) is 0 Å². The second-order valence-electron chi connectivity index (χ2n) is 3.42. The summed E-state index contributed by atoms with van der Waals surface area (Å²) in [4.78, 5) is 0. The zero-order chi connectivity index (χ0) is 13.6. The van der Waals surface area contributed by atoms with E-state index in [1.165, 1.54) is 0 Å². The monoisotopic (exact) mass is 358 g/mol. The quantitative estimate of drug-likeness (QED) is 0.210. The van der Waals surface area contributed by atoms with Gasteiger partial charge in [0.05, 0.1) is 0 Å². The lowest BCUT2D eigenvalue weighted by Gasteiger charge is -2.14. The molecule has 0 spiro atoms. The third kappa shape index (κ3) is 11.4. The Hall–Kier alpha value is 1.58. The Morgan fingerprint density at radius 1 is 0.833 bits per heavy atom. The van der Waals surface area contributed by atoms with Gasteiger partial charge in [0, 0.05) is 45.0 Å². The molecule has 0 rings (SSSR count). The Kier molecular flexibility index (Phi) is 16.3. The second kappa shape index (κ2) is 15.0. The van der Waals surface area contributed by atoms with Crippen molar-refractivity contribution in [1.29, 1.82) is 0 Å². The van der Waals surface area contributed by atoms with Gasteiger partial charge in [-0.05, 0) is 0 Å². The number of hydrogen-bond donors (Lipinski definition) is 2. The van der Waals surface area contributed by atoms with Crippen molar-refractivity contribution in [2.45, 2.75) is 10.5 Å². The van der Waals surface area contributed by atoms with E-state index in [2.05, 4.69) is 38.4 Å². The molecule has 0 aromatic heterocycles. The van der Waals surface area contributed by atoms with Gasteiger partial charge in [-0.15, -0.1) is 13.2 Å². The van der Waals surface area contributed by atoms with Crippen LogP contribution < -0.4 is 0 Å². The average Bonchev–Trinajstić information content (AvgIpc) is 2.41. The molecule has 0 aromatic rings. The lowest BCUT2D eigenvalue weighted by atomic mass is 10.5. The smallest absolute Gasteiger partial charge is 0.0237 e. The molecule has 0 saturated heterocycles. The molecule has 18 heavy (non-hydrogen) atoms. The number of thiol groups is 2. The molecule has 0 aromatic carbocycles. The van der Waals surface area contributed by atoms with E-state index in [9.17, 15) is 0 Å². The third-order valence-electron chi connectivity index (χ3n) is 1.90. The van der Waals surface area contributed by atoms with Crippen molar-refractivity contribution in [2.75, 3.05) is 34.5 Å². The first-order chi connectivity index (χ1) is 8.78. The largest absolute Gasteiger partial charge is 0.178 e. The summed E-state index contributed by atoms with van der Waals surface area (Å²) in [6.07, 6.45) is 3.92. The molecule has 2 unspecified atom stereocenters. The van der Waals surface area contributed by atoms with Crippen LogP contribution in [0.15, 0.2) is 25.3 Å². The van der Waals surface area contributed by atoms with Crippen molar-refractivity contribution in [3.63, 3.8) is 0 Å². The highest BCUT2D eigenvalue weighted by Crippen LogP contribution is 2.30. The molecule has 0 N–H and O–H groups in total. The van der Waals surface area contributed by atoms with E-state index < -0.39 is 0 Å². The molecule has 0 bridgehead atoms. The molecular weight excluding hydrogens is 337 g/mol. The predicted molar refractivity (Wildman–Crippen MR) is 106 cm³/mol. The minimum Gasteiger partial charge on any atom is -0.178 e. The Bertz CT molecular complexity index is 187. The fourth-order valence-corrected chi connectivity index (χ4v) is 7.22. The standard InChI is InChI=1S/C12H22S6/c1-3-5-15-11(7-13)9-17-18-10-12(8-14)16-6-4-2/h3-4,11-14H,1-2,5-10H2. The first-order valence-electron chi connectivity index (χ1n) is 5.69. The van der Waals surface area contributed by atoms with Crippen molar-refractivity contribution in [1.82, 2.24) is 0 Å². The molecule has 106 valence electrons. The molecule has 0 aliphatic heterocycles. The Balaban J connectivity index is 3.61. The fourth-order valence-electron chi connectivity index (χ4n) is 0.963. The van der Waals surface area contributed by atoms with Crippen LogP contribution in [0, 0.1) is 0 Å². The lowest BCUT2D eigenvalue weighted by molar-refractivity contribution is 1.15. The molecule has 6 heteroatoms. The fraction of sp³-hybridized carbons (Fsp3) is 0.667. The van der Waals surface area contributed by atoms with Crippen LogP contribution in [0.1, 0.15) is 0 Å². The summed E-state index contributed by atoms with van der Waals surface area (Å²) in [5.41, 5.74) is 0. The molecule has 0 nitrogen and oxygen atoms in total. The van der Waals surface area contributed by atoms with Gasteiger partial charge < -0.3 is 0 Å². The Morgan fingerprint density at radius 3 is 1.50 bits per heavy atom. The van der Waals surface area contributed by atoms with Crippen LogP contribution in [-0.4, -0.2) is 45.0 Å². The maximum Gasteiger partial charge on any atom is 0.0237 e. The molecule has 0 heterocycles. The number of rotatable bonds is 13. The maximum atomic E-state index is 4.39. The average molecular weight is 359 g/mol. The highest BCUT2D eigenvalue weighted by Gasteiger charge is 2.09. The molecule has 2 atom stereocenters. The van der Waals surface area contributed by atoms with E-state index >= 15 is 0 Å². The van der Waals surface area contributed by atoms with Crippen molar-refractivity contribution < 1.29 is 0 Å². The molecule has 0 saturated carbocycles. The SMILES string of the molecule is C=CCSC(CS)CSSCC(CS)SCC=C. The first-order valence-corrected chi connectivity index (χ1v) is 11.5. The summed E-state index contributed by atoms with van der Waals surface area (Å²) in [5.74, 6) is 6.21. The zero-order valence-electron chi connectivity index (χ0n) is 10.5. The summed E-state index contributed by atoms with van der Waals surface area (Å²) in [6, 6.07) is 0. The van der Waals surface area contributed by atoms with Crippen LogP contribution in [-0.2, 0) is 0 Å². The molecule has 0 radical (unpaired) electrons. The van der Waals surface area contributed by atoms with Gasteiger partial charge in [0.1, 0.15) is 0 Å². The van der Waals surface area contributed by atoms with Crippen LogP contribution in [0.3, 0.4) is 0 Å². The summed E-state index contributed by atoms with van der Waals surface area (Å²) in [7, 11) is 3.91. The normalized spacial score (nSPS) is 14.1. The number of hydrogen-bond acceptors (Lipinski definition) is 6. The molecule has 0 aliphatic rings. The van der Waals surface area contributed by atoms with Gasteiger partial charge in [-0.25, -0.2) is 0 Å². The predicted octanol–water partition coefficient (Wildman–Crippen LogP) is 4.80. The van der Waals surface area contributed by atoms with Crippen molar-refractivity contribution >= 4 is 70.4 Å². The Labute approximate surface area is 140 Å². The van der Waals surface area contributed by atoms with Crippen LogP contribution in [0.2, 0.25) is 0 Å². The summed E-state index contributed by atoms with van der Waals surface area (Å²) in [5, 5.41) is 1.25. The van der Waals surface area contributed by atoms with Gasteiger partial charge in [-0.3, -0.25) is 0 Å². The molecular formula is C12H22S6. The first kappa shape index (κ1) is 19.6. The van der Waals surface area contributed by atoms with E-state index in [1.54, 1.807) is 0 Å². The van der Waals surface area contributed by atoms with E-state index in [1.807, 2.05) is 57.3 Å². The van der Waals surface area contributed by atoms with E-state index in [0.717, 1.165) is 34.5 Å². The van der Waals surface area contributed by atoms with E-state index in [4.69, 9.17) is 0 Å². The summed E-state index contributed by atoms with van der Waals surface area (Å²) < 4.78 is 0. The molecule has 0 amide bonds. The Morgan fingerprint density at radius 2 is 1.22 bits per heavy atom. The van der Waals surface area contributed by atoms with Gasteiger partial charge in [0.25, 0.3) is 0 Å². The van der Waals surface area contributed by atoms with Crippen LogP contribution in [0.5, 0.6) is 0 Å². The van der Waals surface area contributed by atoms with Crippen molar-refractivity contribution in [2.24, 2.45) is 0 Å².